The molecule has 1 heterocycles. The lowest BCUT2D eigenvalue weighted by Crippen LogP contribution is -2.49. The number of pyridine rings is 1. The van der Waals surface area contributed by atoms with Crippen LogP contribution in [0.25, 0.3) is 0 Å². The van der Waals surface area contributed by atoms with E-state index < -0.39 is 22.0 Å². The summed E-state index contributed by atoms with van der Waals surface area (Å²) in [7, 11) is -4.17. The number of carbonyl (C=O) groups is 1. The Morgan fingerprint density at radius 2 is 1.67 bits per heavy atom. The van der Waals surface area contributed by atoms with Crippen molar-refractivity contribution in [2.24, 2.45) is 0 Å². The molecule has 3 rings (SSSR count). The van der Waals surface area contributed by atoms with Gasteiger partial charge in [-0.2, -0.15) is 4.31 Å². The summed E-state index contributed by atoms with van der Waals surface area (Å²) in [5.41, 5.74) is 2.88. The van der Waals surface area contributed by atoms with Gasteiger partial charge < -0.3 is 5.11 Å². The van der Waals surface area contributed by atoms with Crippen LogP contribution in [0.15, 0.2) is 84.0 Å². The molecule has 0 unspecified atom stereocenters. The van der Waals surface area contributed by atoms with Gasteiger partial charge >= 0.3 is 0 Å². The van der Waals surface area contributed by atoms with E-state index in [1.54, 1.807) is 48.1 Å². The van der Waals surface area contributed by atoms with Gasteiger partial charge in [0.05, 0.1) is 4.90 Å². The molecule has 0 spiro atoms. The predicted octanol–water partition coefficient (Wildman–Crippen LogP) is 2.09. The number of amides is 1. The fourth-order valence-electron chi connectivity index (χ4n) is 3.02. The summed E-state index contributed by atoms with van der Waals surface area (Å²) in [4.78, 5) is 16.5. The van der Waals surface area contributed by atoms with Crippen molar-refractivity contribution in [2.45, 2.75) is 23.9 Å². The quantitative estimate of drug-likeness (QED) is 0.374. The Labute approximate surface area is 174 Å². The van der Waals surface area contributed by atoms with Gasteiger partial charge in [0.2, 0.25) is 10.0 Å². The third-order valence-corrected chi connectivity index (χ3v) is 6.41. The predicted molar refractivity (Wildman–Crippen MR) is 109 cm³/mol. The Hall–Kier alpha value is -3.27. The van der Waals surface area contributed by atoms with Gasteiger partial charge in [0, 0.05) is 18.9 Å². The van der Waals surface area contributed by atoms with Crippen LogP contribution in [-0.4, -0.2) is 40.0 Å². The number of hydroxylamine groups is 1. The van der Waals surface area contributed by atoms with Crippen LogP contribution in [0.5, 0.6) is 5.75 Å². The van der Waals surface area contributed by atoms with Gasteiger partial charge in [-0.15, -0.1) is 0 Å². The molecule has 1 atom stereocenters. The highest BCUT2D eigenvalue weighted by atomic mass is 32.2. The zero-order chi connectivity index (χ0) is 21.6. The van der Waals surface area contributed by atoms with Gasteiger partial charge in [-0.05, 0) is 47.9 Å². The van der Waals surface area contributed by atoms with E-state index in [9.17, 15) is 23.5 Å². The van der Waals surface area contributed by atoms with Gasteiger partial charge in [-0.25, -0.2) is 13.9 Å². The van der Waals surface area contributed by atoms with Gasteiger partial charge in [0.1, 0.15) is 11.8 Å². The summed E-state index contributed by atoms with van der Waals surface area (Å²) >= 11 is 0. The van der Waals surface area contributed by atoms with Crippen LogP contribution in [0, 0.1) is 0 Å². The summed E-state index contributed by atoms with van der Waals surface area (Å²) in [6.45, 7) is -0.137. The highest BCUT2D eigenvalue weighted by Crippen LogP contribution is 2.24. The highest BCUT2D eigenvalue weighted by Gasteiger charge is 2.36. The number of sulfonamides is 1. The molecule has 3 aromatic rings. The van der Waals surface area contributed by atoms with Crippen molar-refractivity contribution in [3.05, 3.63) is 90.3 Å². The van der Waals surface area contributed by atoms with Crippen LogP contribution < -0.4 is 5.48 Å². The maximum absolute atomic E-state index is 13.5. The van der Waals surface area contributed by atoms with Gasteiger partial charge in [-0.1, -0.05) is 36.4 Å². The molecule has 0 fully saturated rings. The van der Waals surface area contributed by atoms with Crippen LogP contribution >= 0.6 is 0 Å². The number of carbonyl (C=O) groups excluding carboxylic acids is 1. The molecule has 9 heteroatoms. The van der Waals surface area contributed by atoms with Gasteiger partial charge in [0.15, 0.2) is 0 Å². The number of hydrogen-bond donors (Lipinski definition) is 3. The minimum Gasteiger partial charge on any atom is -0.508 e. The van der Waals surface area contributed by atoms with Crippen molar-refractivity contribution in [3.8, 4) is 5.75 Å². The molecule has 30 heavy (non-hydrogen) atoms. The third-order valence-electron chi connectivity index (χ3n) is 4.54. The van der Waals surface area contributed by atoms with E-state index in [1.807, 2.05) is 6.07 Å². The summed E-state index contributed by atoms with van der Waals surface area (Å²) in [5, 5.41) is 18.8. The SMILES string of the molecule is O=C(NO)[C@@H](Cc1ccccc1)N(Cc1cccnc1)S(=O)(=O)c1ccc(O)cc1. The molecule has 0 aliphatic rings. The number of benzene rings is 2. The van der Waals surface area contributed by atoms with E-state index in [4.69, 9.17) is 0 Å². The first-order valence-electron chi connectivity index (χ1n) is 9.09. The lowest BCUT2D eigenvalue weighted by molar-refractivity contribution is -0.133. The molecule has 156 valence electrons. The maximum Gasteiger partial charge on any atom is 0.262 e. The molecular formula is C21H21N3O5S. The van der Waals surface area contributed by atoms with Gasteiger partial charge in [0.25, 0.3) is 5.91 Å². The number of nitrogens with zero attached hydrogens (tertiary/aromatic N) is 2. The average molecular weight is 427 g/mol. The molecule has 0 aliphatic carbocycles. The Morgan fingerprint density at radius 1 is 1.00 bits per heavy atom. The van der Waals surface area contributed by atoms with Crippen molar-refractivity contribution in [3.63, 3.8) is 0 Å². The third kappa shape index (κ3) is 5.01. The normalized spacial score (nSPS) is 12.5. The Balaban J connectivity index is 2.07. The van der Waals surface area contributed by atoms with Crippen LogP contribution in [0.2, 0.25) is 0 Å². The standard InChI is InChI=1S/C21H21N3O5S/c25-18-8-10-19(11-9-18)30(28,29)24(15-17-7-4-12-22-14-17)20(21(26)23-27)13-16-5-2-1-3-6-16/h1-12,14,20,25,27H,13,15H2,(H,23,26)/t20-/m1/s1. The smallest absolute Gasteiger partial charge is 0.262 e. The van der Waals surface area contributed by atoms with Crippen LogP contribution in [0.1, 0.15) is 11.1 Å². The largest absolute Gasteiger partial charge is 0.508 e. The zero-order valence-electron chi connectivity index (χ0n) is 15.9. The molecule has 3 N–H and O–H groups in total. The molecular weight excluding hydrogens is 406 g/mol. The minimum absolute atomic E-state index is 0.0464. The summed E-state index contributed by atoms with van der Waals surface area (Å²) in [5.74, 6) is -0.938. The summed E-state index contributed by atoms with van der Waals surface area (Å²) in [6.07, 6.45) is 3.12. The second kappa shape index (κ2) is 9.49. The highest BCUT2D eigenvalue weighted by molar-refractivity contribution is 7.89. The maximum atomic E-state index is 13.5. The number of aromatic hydroxyl groups is 1. The van der Waals surface area contributed by atoms with E-state index in [2.05, 4.69) is 4.98 Å². The molecule has 0 saturated heterocycles. The molecule has 8 nitrogen and oxygen atoms in total. The molecule has 0 radical (unpaired) electrons. The Kier molecular flexibility index (Phi) is 6.78. The molecule has 1 amide bonds. The number of phenols is 1. The molecule has 0 saturated carbocycles. The first kappa shape index (κ1) is 21.4. The summed E-state index contributed by atoms with van der Waals surface area (Å²) < 4.78 is 27.9. The Morgan fingerprint density at radius 3 is 2.27 bits per heavy atom. The average Bonchev–Trinajstić information content (AvgIpc) is 2.77. The minimum atomic E-state index is -4.17. The number of hydrogen-bond acceptors (Lipinski definition) is 6. The number of nitrogens with one attached hydrogen (secondary N) is 1. The van der Waals surface area contributed by atoms with Crippen LogP contribution in [-0.2, 0) is 27.8 Å². The van der Waals surface area contributed by atoms with Crippen molar-refractivity contribution in [1.29, 1.82) is 0 Å². The molecule has 0 bridgehead atoms. The lowest BCUT2D eigenvalue weighted by Gasteiger charge is -2.29. The molecule has 2 aromatic carbocycles. The zero-order valence-corrected chi connectivity index (χ0v) is 16.7. The number of aromatic nitrogens is 1. The van der Waals surface area contributed by atoms with Crippen LogP contribution in [0.4, 0.5) is 0 Å². The molecule has 1 aromatic heterocycles. The van der Waals surface area contributed by atoms with Crippen LogP contribution in [0.3, 0.4) is 0 Å². The lowest BCUT2D eigenvalue weighted by atomic mass is 10.1. The topological polar surface area (TPSA) is 120 Å². The van der Waals surface area contributed by atoms with Crippen molar-refractivity contribution >= 4 is 15.9 Å². The monoisotopic (exact) mass is 427 g/mol. The van der Waals surface area contributed by atoms with E-state index in [0.717, 1.165) is 9.87 Å². The molecule has 0 aliphatic heterocycles. The van der Waals surface area contributed by atoms with Crippen molar-refractivity contribution in [2.75, 3.05) is 0 Å². The van der Waals surface area contributed by atoms with Crippen molar-refractivity contribution < 1.29 is 23.5 Å². The number of phenolic OH excluding ortho intramolecular Hbond substituents is 1. The van der Waals surface area contributed by atoms with E-state index in [0.29, 0.717) is 5.56 Å². The van der Waals surface area contributed by atoms with Gasteiger partial charge in [-0.3, -0.25) is 15.0 Å². The van der Waals surface area contributed by atoms with E-state index >= 15 is 0 Å². The van der Waals surface area contributed by atoms with E-state index in [-0.39, 0.29) is 23.6 Å². The fraction of sp³-hybridized carbons (Fsp3) is 0.143. The fourth-order valence-corrected chi connectivity index (χ4v) is 4.60. The summed E-state index contributed by atoms with van der Waals surface area (Å²) in [6, 6.07) is 16.1. The van der Waals surface area contributed by atoms with Crippen molar-refractivity contribution in [1.82, 2.24) is 14.8 Å². The second-order valence-corrected chi connectivity index (χ2v) is 8.48. The Bertz CT molecular complexity index is 1070. The first-order valence-corrected chi connectivity index (χ1v) is 10.5. The van der Waals surface area contributed by atoms with E-state index in [1.165, 1.54) is 30.5 Å². The number of rotatable bonds is 8. The first-order chi connectivity index (χ1) is 14.4. The second-order valence-electron chi connectivity index (χ2n) is 6.59.